The molecule has 186 valence electrons. The Morgan fingerprint density at radius 1 is 1.26 bits per heavy atom. The van der Waals surface area contributed by atoms with Crippen LogP contribution in [0.25, 0.3) is 0 Å². The first-order valence-corrected chi connectivity index (χ1v) is 13.0. The SMILES string of the molecule is C#C[C@@]1(O)CC[C@@H]2[C@@H]3CCC4=CC(=NOCC(=O)NCc5cccnc5)CC[C@]4(C)[C@@H]3CC[C@@]21C. The summed E-state index contributed by atoms with van der Waals surface area (Å²) in [6, 6.07) is 3.77. The Labute approximate surface area is 208 Å². The Morgan fingerprint density at radius 3 is 2.86 bits per heavy atom. The second kappa shape index (κ2) is 9.09. The maximum Gasteiger partial charge on any atom is 0.261 e. The lowest BCUT2D eigenvalue weighted by Crippen LogP contribution is -2.54. The zero-order chi connectivity index (χ0) is 24.7. The molecule has 1 heterocycles. The largest absolute Gasteiger partial charge is 0.385 e. The van der Waals surface area contributed by atoms with Gasteiger partial charge in [0.25, 0.3) is 5.91 Å². The number of aliphatic hydroxyl groups is 1. The molecule has 3 fully saturated rings. The molecule has 3 saturated carbocycles. The molecule has 5 rings (SSSR count). The predicted molar refractivity (Wildman–Crippen MR) is 135 cm³/mol. The zero-order valence-electron chi connectivity index (χ0n) is 20.9. The number of amides is 1. The highest BCUT2D eigenvalue weighted by atomic mass is 16.6. The number of allylic oxidation sites excluding steroid dienone is 2. The van der Waals surface area contributed by atoms with E-state index < -0.39 is 5.60 Å². The summed E-state index contributed by atoms with van der Waals surface area (Å²) in [7, 11) is 0. The third-order valence-electron chi connectivity index (χ3n) is 9.96. The van der Waals surface area contributed by atoms with Crippen LogP contribution in [0.15, 0.2) is 41.3 Å². The summed E-state index contributed by atoms with van der Waals surface area (Å²) in [6.45, 7) is 5.01. The van der Waals surface area contributed by atoms with Crippen LogP contribution in [0.1, 0.15) is 70.8 Å². The number of terminal acetylenes is 1. The molecule has 1 aromatic heterocycles. The number of hydrogen-bond donors (Lipinski definition) is 2. The van der Waals surface area contributed by atoms with Crippen molar-refractivity contribution in [3.8, 4) is 12.3 Å². The lowest BCUT2D eigenvalue weighted by atomic mass is 9.46. The Hall–Kier alpha value is -2.65. The molecule has 0 aromatic carbocycles. The van der Waals surface area contributed by atoms with Gasteiger partial charge in [0.15, 0.2) is 6.61 Å². The van der Waals surface area contributed by atoms with Gasteiger partial charge in [-0.2, -0.15) is 0 Å². The van der Waals surface area contributed by atoms with Crippen LogP contribution in [-0.4, -0.2) is 33.9 Å². The summed E-state index contributed by atoms with van der Waals surface area (Å²) in [4.78, 5) is 21.6. The molecule has 0 spiro atoms. The Bertz CT molecular complexity index is 1080. The highest BCUT2D eigenvalue weighted by Gasteiger charge is 2.63. The highest BCUT2D eigenvalue weighted by molar-refractivity contribution is 5.96. The van der Waals surface area contributed by atoms with E-state index >= 15 is 0 Å². The van der Waals surface area contributed by atoms with E-state index in [9.17, 15) is 9.90 Å². The van der Waals surface area contributed by atoms with E-state index in [1.54, 1.807) is 12.4 Å². The van der Waals surface area contributed by atoms with Crippen LogP contribution >= 0.6 is 0 Å². The van der Waals surface area contributed by atoms with Crippen LogP contribution in [-0.2, 0) is 16.2 Å². The summed E-state index contributed by atoms with van der Waals surface area (Å²) in [5.74, 6) is 4.33. The summed E-state index contributed by atoms with van der Waals surface area (Å²) < 4.78 is 0. The standard InChI is InChI=1S/C29H37N3O3/c1-4-29(34)14-11-25-23-8-7-21-16-22(9-12-27(21,2)24(23)10-13-28(25,29)3)32-35-19-26(33)31-18-20-6-5-15-30-17-20/h1,5-6,15-17,23-25,34H,7-14,18-19H2,2-3H3,(H,31,33)/t23-,24-,25-,27+,28+,29-/m1/s1. The number of nitrogens with one attached hydrogen (secondary N) is 1. The fourth-order valence-electron chi connectivity index (χ4n) is 7.82. The van der Waals surface area contributed by atoms with Crippen molar-refractivity contribution in [1.82, 2.24) is 10.3 Å². The quantitative estimate of drug-likeness (QED) is 0.488. The van der Waals surface area contributed by atoms with Crippen LogP contribution in [0.4, 0.5) is 0 Å². The van der Waals surface area contributed by atoms with E-state index in [4.69, 9.17) is 11.3 Å². The van der Waals surface area contributed by atoms with Crippen molar-refractivity contribution >= 4 is 11.6 Å². The molecule has 6 heteroatoms. The third-order valence-corrected chi connectivity index (χ3v) is 9.96. The van der Waals surface area contributed by atoms with Gasteiger partial charge in [-0.3, -0.25) is 9.78 Å². The molecule has 4 aliphatic rings. The van der Waals surface area contributed by atoms with E-state index in [0.717, 1.165) is 62.6 Å². The molecule has 6 atom stereocenters. The van der Waals surface area contributed by atoms with Gasteiger partial charge in [0.1, 0.15) is 5.60 Å². The van der Waals surface area contributed by atoms with Crippen molar-refractivity contribution in [2.24, 2.45) is 33.7 Å². The molecule has 0 radical (unpaired) electrons. The van der Waals surface area contributed by atoms with Crippen LogP contribution in [0.2, 0.25) is 0 Å². The first kappa shape index (κ1) is 24.1. The van der Waals surface area contributed by atoms with Crippen LogP contribution in [0.5, 0.6) is 0 Å². The second-order valence-electron chi connectivity index (χ2n) is 11.5. The number of rotatable bonds is 5. The number of fused-ring (bicyclic) bond motifs is 5. The highest BCUT2D eigenvalue weighted by Crippen LogP contribution is 2.67. The second-order valence-corrected chi connectivity index (χ2v) is 11.5. The molecule has 0 saturated heterocycles. The van der Waals surface area contributed by atoms with Gasteiger partial charge in [-0.25, -0.2) is 0 Å². The van der Waals surface area contributed by atoms with E-state index in [0.29, 0.717) is 24.3 Å². The average molecular weight is 476 g/mol. The van der Waals surface area contributed by atoms with Gasteiger partial charge in [0.2, 0.25) is 0 Å². The monoisotopic (exact) mass is 475 g/mol. The van der Waals surface area contributed by atoms with Crippen molar-refractivity contribution in [1.29, 1.82) is 0 Å². The van der Waals surface area contributed by atoms with Crippen molar-refractivity contribution in [3.63, 3.8) is 0 Å². The Balaban J connectivity index is 1.21. The minimum absolute atomic E-state index is 0.0900. The number of nitrogens with zero attached hydrogens (tertiary/aromatic N) is 2. The summed E-state index contributed by atoms with van der Waals surface area (Å²) in [5, 5.41) is 18.3. The van der Waals surface area contributed by atoms with E-state index in [1.165, 1.54) is 5.57 Å². The summed E-state index contributed by atoms with van der Waals surface area (Å²) in [6.07, 6.45) is 19.5. The van der Waals surface area contributed by atoms with Crippen molar-refractivity contribution in [2.45, 2.75) is 77.4 Å². The van der Waals surface area contributed by atoms with Crippen LogP contribution in [0, 0.1) is 40.9 Å². The maximum absolute atomic E-state index is 12.1. The van der Waals surface area contributed by atoms with Gasteiger partial charge < -0.3 is 15.3 Å². The van der Waals surface area contributed by atoms with Gasteiger partial charge in [0, 0.05) is 24.4 Å². The first-order chi connectivity index (χ1) is 16.8. The molecular weight excluding hydrogens is 438 g/mol. The van der Waals surface area contributed by atoms with Gasteiger partial charge in [-0.1, -0.05) is 36.6 Å². The van der Waals surface area contributed by atoms with Crippen molar-refractivity contribution < 1.29 is 14.7 Å². The minimum Gasteiger partial charge on any atom is -0.385 e. The van der Waals surface area contributed by atoms with Gasteiger partial charge in [0.05, 0.1) is 5.71 Å². The lowest BCUT2D eigenvalue weighted by molar-refractivity contribution is -0.125. The number of aromatic nitrogens is 1. The van der Waals surface area contributed by atoms with E-state index in [2.05, 4.69) is 41.3 Å². The summed E-state index contributed by atoms with van der Waals surface area (Å²) >= 11 is 0. The molecule has 0 bridgehead atoms. The van der Waals surface area contributed by atoms with Gasteiger partial charge in [-0.05, 0) is 92.2 Å². The Kier molecular flexibility index (Phi) is 6.25. The van der Waals surface area contributed by atoms with Gasteiger partial charge in [-0.15, -0.1) is 6.42 Å². The number of carbonyl (C=O) groups excluding carboxylic acids is 1. The van der Waals surface area contributed by atoms with Crippen molar-refractivity contribution in [2.75, 3.05) is 6.61 Å². The summed E-state index contributed by atoms with van der Waals surface area (Å²) in [5.41, 5.74) is 2.41. The molecule has 4 aliphatic carbocycles. The predicted octanol–water partition coefficient (Wildman–Crippen LogP) is 4.40. The van der Waals surface area contributed by atoms with Gasteiger partial charge >= 0.3 is 0 Å². The average Bonchev–Trinajstić information content (AvgIpc) is 3.14. The zero-order valence-corrected chi connectivity index (χ0v) is 20.9. The fraction of sp³-hybridized carbons (Fsp3) is 0.621. The number of pyridine rings is 1. The normalized spacial score (nSPS) is 39.0. The van der Waals surface area contributed by atoms with Crippen LogP contribution < -0.4 is 5.32 Å². The molecule has 6 nitrogen and oxygen atoms in total. The van der Waals surface area contributed by atoms with Crippen LogP contribution in [0.3, 0.4) is 0 Å². The molecular formula is C29H37N3O3. The Morgan fingerprint density at radius 2 is 2.09 bits per heavy atom. The third kappa shape index (κ3) is 4.08. The number of oxime groups is 1. The number of hydrogen-bond acceptors (Lipinski definition) is 5. The molecule has 0 unspecified atom stereocenters. The molecule has 35 heavy (non-hydrogen) atoms. The molecule has 1 aromatic rings. The molecule has 1 amide bonds. The lowest BCUT2D eigenvalue weighted by Gasteiger charge is -2.58. The maximum atomic E-state index is 12.1. The smallest absolute Gasteiger partial charge is 0.261 e. The molecule has 0 aliphatic heterocycles. The molecule has 2 N–H and O–H groups in total. The van der Waals surface area contributed by atoms with E-state index in [-0.39, 0.29) is 23.3 Å². The van der Waals surface area contributed by atoms with E-state index in [1.807, 2.05) is 12.1 Å². The minimum atomic E-state index is -0.951. The topological polar surface area (TPSA) is 83.8 Å². The first-order valence-electron chi connectivity index (χ1n) is 13.0. The van der Waals surface area contributed by atoms with Crippen molar-refractivity contribution in [3.05, 3.63) is 41.7 Å². The fourth-order valence-corrected chi connectivity index (χ4v) is 7.82. The number of carbonyl (C=O) groups is 1.